The predicted octanol–water partition coefficient (Wildman–Crippen LogP) is 1.38. The molecule has 4 unspecified atom stereocenters. The Morgan fingerprint density at radius 2 is 2.23 bits per heavy atom. The van der Waals surface area contributed by atoms with Gasteiger partial charge in [-0.05, 0) is 37.9 Å². The van der Waals surface area contributed by atoms with E-state index in [2.05, 4.69) is 8.44 Å². The predicted molar refractivity (Wildman–Crippen MR) is 60.7 cm³/mol. The van der Waals surface area contributed by atoms with Crippen LogP contribution in [0.3, 0.4) is 0 Å². The molecule has 1 saturated heterocycles. The molecule has 1 heterocycles. The highest BCUT2D eigenvalue weighted by Crippen LogP contribution is 2.40. The molecule has 0 aromatic rings. The Labute approximate surface area is 83.2 Å². The topological polar surface area (TPSA) is 29.6 Å². The van der Waals surface area contributed by atoms with Crippen molar-refractivity contribution in [3.8, 4) is 0 Å². The van der Waals surface area contributed by atoms with Gasteiger partial charge in [0.25, 0.3) is 0 Å². The van der Waals surface area contributed by atoms with Crippen molar-refractivity contribution in [2.45, 2.75) is 37.9 Å². The van der Waals surface area contributed by atoms with Crippen LogP contribution in [0.4, 0.5) is 0 Å². The van der Waals surface area contributed by atoms with Crippen LogP contribution in [0.25, 0.3) is 0 Å². The molecule has 0 N–H and O–H groups in total. The van der Waals surface area contributed by atoms with Gasteiger partial charge in [-0.3, -0.25) is 4.21 Å². The van der Waals surface area contributed by atoms with Gasteiger partial charge in [0.15, 0.2) is 0 Å². The quantitative estimate of drug-likeness (QED) is 0.444. The average molecular weight is 222 g/mol. The smallest absolute Gasteiger partial charge is 0.0844 e. The van der Waals surface area contributed by atoms with E-state index in [1.54, 1.807) is 0 Å². The van der Waals surface area contributed by atoms with Crippen LogP contribution < -0.4 is 0 Å². The van der Waals surface area contributed by atoms with Crippen molar-refractivity contribution in [2.24, 2.45) is 5.92 Å². The first kappa shape index (κ1) is 10.1. The molecule has 2 aliphatic rings. The molecule has 78 valence electrons. The number of rotatable bonds is 3. The van der Waals surface area contributed by atoms with Crippen molar-refractivity contribution >= 4 is 18.0 Å². The summed E-state index contributed by atoms with van der Waals surface area (Å²) < 4.78 is 16.9. The summed E-state index contributed by atoms with van der Waals surface area (Å²) in [5.41, 5.74) is 0. The summed E-state index contributed by atoms with van der Waals surface area (Å²) in [6, 6.07) is 0. The maximum Gasteiger partial charge on any atom is 0.0844 e. The van der Waals surface area contributed by atoms with Gasteiger partial charge in [0, 0.05) is 5.75 Å². The zero-order valence-corrected chi connectivity index (χ0v) is 10.2. The molecule has 2 nitrogen and oxygen atoms in total. The van der Waals surface area contributed by atoms with E-state index in [-0.39, 0.29) is 0 Å². The van der Waals surface area contributed by atoms with Crippen LogP contribution >= 0.6 is 8.44 Å². The van der Waals surface area contributed by atoms with E-state index in [9.17, 15) is 4.21 Å². The lowest BCUT2D eigenvalue weighted by Crippen LogP contribution is -2.17. The fourth-order valence-corrected chi connectivity index (χ4v) is 3.51. The first-order valence-electron chi connectivity index (χ1n) is 5.05. The summed E-state index contributed by atoms with van der Waals surface area (Å²) in [7, 11) is 0.637. The van der Waals surface area contributed by atoms with Gasteiger partial charge in [-0.25, -0.2) is 0 Å². The normalized spacial score (nSPS) is 39.7. The summed E-state index contributed by atoms with van der Waals surface area (Å²) in [6.45, 7) is 0. The van der Waals surface area contributed by atoms with Gasteiger partial charge in [-0.1, -0.05) is 18.0 Å². The Bertz CT molecular complexity index is 238. The van der Waals surface area contributed by atoms with Gasteiger partial charge in [0.2, 0.25) is 0 Å². The molecule has 0 aromatic heterocycles. The van der Waals surface area contributed by atoms with Crippen LogP contribution in [-0.4, -0.2) is 28.4 Å². The Balaban J connectivity index is 1.73. The van der Waals surface area contributed by atoms with Gasteiger partial charge in [-0.2, -0.15) is 0 Å². The second kappa shape index (κ2) is 3.60. The zero-order chi connectivity index (χ0) is 9.47. The number of thiol groups is 1. The van der Waals surface area contributed by atoms with Gasteiger partial charge in [-0.15, -0.1) is 0 Å². The van der Waals surface area contributed by atoms with Crippen molar-refractivity contribution in [3.05, 3.63) is 0 Å². The van der Waals surface area contributed by atoms with Crippen LogP contribution in [0.1, 0.15) is 25.7 Å². The minimum atomic E-state index is -1.86. The Hall–Kier alpha value is 0.540. The average Bonchev–Trinajstić information content (AvgIpc) is 2.76. The molecule has 4 atom stereocenters. The molecule has 2 rings (SSSR count). The van der Waals surface area contributed by atoms with E-state index < -0.39 is 9.55 Å². The summed E-state index contributed by atoms with van der Waals surface area (Å²) >= 11 is 0. The number of hydrogen-bond donors (Lipinski definition) is 1. The van der Waals surface area contributed by atoms with Crippen molar-refractivity contribution in [1.82, 2.24) is 0 Å². The van der Waals surface area contributed by atoms with Crippen LogP contribution in [0.2, 0.25) is 0 Å². The maximum absolute atomic E-state index is 11.5. The van der Waals surface area contributed by atoms with Crippen molar-refractivity contribution in [1.29, 1.82) is 0 Å². The molecule has 4 heteroatoms. The van der Waals surface area contributed by atoms with Crippen LogP contribution in [0, 0.1) is 5.92 Å². The first-order chi connectivity index (χ1) is 6.04. The molecule has 0 radical (unpaired) electrons. The Morgan fingerprint density at radius 1 is 1.46 bits per heavy atom. The van der Waals surface area contributed by atoms with Gasteiger partial charge in [0.1, 0.15) is 0 Å². The lowest BCUT2D eigenvalue weighted by molar-refractivity contribution is 0.358. The summed E-state index contributed by atoms with van der Waals surface area (Å²) in [4.78, 5) is 0. The van der Waals surface area contributed by atoms with E-state index in [1.807, 2.05) is 6.26 Å². The molecule has 1 aliphatic carbocycles. The standard InChI is InChI=1S/C9H19O2PS/c1-13(10,12)5-4-7-2-3-8-9(6-7)11-8/h7-9,13H,2-6,12H2,1H3. The van der Waals surface area contributed by atoms with E-state index in [0.717, 1.165) is 18.1 Å². The molecule has 1 aliphatic heterocycles. The Morgan fingerprint density at radius 3 is 2.85 bits per heavy atom. The fourth-order valence-electron chi connectivity index (χ4n) is 2.19. The third-order valence-corrected chi connectivity index (χ3v) is 5.01. The van der Waals surface area contributed by atoms with E-state index in [4.69, 9.17) is 4.74 Å². The van der Waals surface area contributed by atoms with E-state index in [1.165, 1.54) is 19.3 Å². The van der Waals surface area contributed by atoms with Crippen LogP contribution in [0.15, 0.2) is 0 Å². The van der Waals surface area contributed by atoms with Gasteiger partial charge < -0.3 is 4.74 Å². The van der Waals surface area contributed by atoms with Gasteiger partial charge >= 0.3 is 0 Å². The fraction of sp³-hybridized carbons (Fsp3) is 1.00. The molecule has 0 spiro atoms. The molecule has 0 aromatic carbocycles. The van der Waals surface area contributed by atoms with Crippen molar-refractivity contribution < 1.29 is 8.95 Å². The molecule has 2 fully saturated rings. The molecule has 13 heavy (non-hydrogen) atoms. The summed E-state index contributed by atoms with van der Waals surface area (Å²) in [5, 5.41) is 0. The minimum absolute atomic E-state index is 0.569. The number of epoxide rings is 1. The first-order valence-corrected chi connectivity index (χ1v) is 9.01. The number of ether oxygens (including phenoxy) is 1. The second-order valence-electron chi connectivity index (χ2n) is 4.58. The number of fused-ring (bicyclic) bond motifs is 1. The molecular weight excluding hydrogens is 203 g/mol. The highest BCUT2D eigenvalue weighted by atomic mass is 32.8. The monoisotopic (exact) mass is 222 g/mol. The van der Waals surface area contributed by atoms with Crippen molar-refractivity contribution in [2.75, 3.05) is 12.0 Å². The minimum Gasteiger partial charge on any atom is -0.370 e. The third kappa shape index (κ3) is 3.00. The molecular formula is C9H19O2PS. The maximum atomic E-state index is 11.5. The lowest BCUT2D eigenvalue weighted by Gasteiger charge is -2.21. The lowest BCUT2D eigenvalue weighted by atomic mass is 9.88. The molecule has 0 bridgehead atoms. The largest absolute Gasteiger partial charge is 0.370 e. The SMILES string of the molecule is C[SH](=O)(P)CCC1CCC2OC2C1. The molecule has 0 amide bonds. The highest BCUT2D eigenvalue weighted by Gasteiger charge is 2.43. The van der Waals surface area contributed by atoms with E-state index in [0.29, 0.717) is 12.2 Å². The summed E-state index contributed by atoms with van der Waals surface area (Å²) in [5.74, 6) is 1.66. The van der Waals surface area contributed by atoms with Gasteiger partial charge in [0.05, 0.1) is 12.2 Å². The molecule has 1 saturated carbocycles. The number of hydrogen-bond acceptors (Lipinski definition) is 2. The third-order valence-electron chi connectivity index (χ3n) is 3.09. The van der Waals surface area contributed by atoms with Crippen molar-refractivity contribution in [3.63, 3.8) is 0 Å². The van der Waals surface area contributed by atoms with E-state index >= 15 is 0 Å². The Kier molecular flexibility index (Phi) is 2.79. The zero-order valence-electron chi connectivity index (χ0n) is 8.11. The van der Waals surface area contributed by atoms with Crippen LogP contribution in [-0.2, 0) is 14.3 Å². The highest BCUT2D eigenvalue weighted by molar-refractivity contribution is 8.44. The second-order valence-corrected chi connectivity index (χ2v) is 10.7. The summed E-state index contributed by atoms with van der Waals surface area (Å²) in [6.07, 6.45) is 7.89. The van der Waals surface area contributed by atoms with Crippen LogP contribution in [0.5, 0.6) is 0 Å².